The fourth-order valence-corrected chi connectivity index (χ4v) is 3.83. The highest BCUT2D eigenvalue weighted by Gasteiger charge is 2.28. The highest BCUT2D eigenvalue weighted by Crippen LogP contribution is 2.24. The molecule has 4 rings (SSSR count). The average Bonchev–Trinajstić information content (AvgIpc) is 3.23. The summed E-state index contributed by atoms with van der Waals surface area (Å²) in [7, 11) is 0. The number of hydrogen-bond donors (Lipinski definition) is 1. The van der Waals surface area contributed by atoms with Gasteiger partial charge in [0, 0.05) is 42.7 Å². The maximum Gasteiger partial charge on any atom is 0.253 e. The van der Waals surface area contributed by atoms with Crippen LogP contribution in [0.4, 0.5) is 5.69 Å². The van der Waals surface area contributed by atoms with Crippen LogP contribution in [0.15, 0.2) is 47.0 Å². The van der Waals surface area contributed by atoms with Crippen molar-refractivity contribution in [3.8, 4) is 11.4 Å². The molecule has 1 fully saturated rings. The van der Waals surface area contributed by atoms with Crippen molar-refractivity contribution in [2.75, 3.05) is 18.4 Å². The largest absolute Gasteiger partial charge is 0.339 e. The van der Waals surface area contributed by atoms with Crippen molar-refractivity contribution < 1.29 is 14.1 Å². The van der Waals surface area contributed by atoms with Gasteiger partial charge in [0.2, 0.25) is 17.6 Å². The normalized spacial score (nSPS) is 14.5. The lowest BCUT2D eigenvalue weighted by Gasteiger charge is -2.31. The number of piperidine rings is 1. The van der Waals surface area contributed by atoms with E-state index in [4.69, 9.17) is 4.52 Å². The number of amides is 2. The first kappa shape index (κ1) is 20.8. The third-order valence-corrected chi connectivity index (χ3v) is 5.93. The Morgan fingerprint density at radius 3 is 2.39 bits per heavy atom. The second kappa shape index (κ2) is 8.71. The number of hydrogen-bond acceptors (Lipinski definition) is 5. The number of rotatable bonds is 4. The molecule has 1 N–H and O–H groups in total. The zero-order valence-electron chi connectivity index (χ0n) is 18.0. The molecule has 3 aromatic rings. The molecule has 1 aliphatic heterocycles. The molecule has 7 nitrogen and oxygen atoms in total. The Morgan fingerprint density at radius 2 is 1.74 bits per heavy atom. The molecule has 0 bridgehead atoms. The molecular weight excluding hydrogens is 392 g/mol. The molecule has 2 aromatic carbocycles. The third kappa shape index (κ3) is 4.50. The van der Waals surface area contributed by atoms with Gasteiger partial charge in [0.25, 0.3) is 5.91 Å². The molecule has 2 amide bonds. The fraction of sp³-hybridized carbons (Fsp3) is 0.333. The van der Waals surface area contributed by atoms with E-state index in [-0.39, 0.29) is 17.7 Å². The van der Waals surface area contributed by atoms with E-state index in [1.807, 2.05) is 49.1 Å². The molecule has 7 heteroatoms. The van der Waals surface area contributed by atoms with E-state index in [0.717, 1.165) is 22.4 Å². The van der Waals surface area contributed by atoms with E-state index in [1.165, 1.54) is 0 Å². The van der Waals surface area contributed by atoms with Gasteiger partial charge in [0.15, 0.2) is 0 Å². The number of benzene rings is 2. The van der Waals surface area contributed by atoms with Gasteiger partial charge >= 0.3 is 0 Å². The van der Waals surface area contributed by atoms with Crippen molar-refractivity contribution in [1.29, 1.82) is 0 Å². The van der Waals surface area contributed by atoms with Gasteiger partial charge in [-0.2, -0.15) is 4.98 Å². The predicted octanol–water partition coefficient (Wildman–Crippen LogP) is 4.15. The van der Waals surface area contributed by atoms with Crippen molar-refractivity contribution in [1.82, 2.24) is 15.0 Å². The van der Waals surface area contributed by atoms with Crippen molar-refractivity contribution >= 4 is 17.5 Å². The predicted molar refractivity (Wildman–Crippen MR) is 118 cm³/mol. The van der Waals surface area contributed by atoms with Crippen molar-refractivity contribution in [2.24, 2.45) is 5.92 Å². The lowest BCUT2D eigenvalue weighted by Crippen LogP contribution is -2.41. The van der Waals surface area contributed by atoms with Gasteiger partial charge in [0.1, 0.15) is 0 Å². The summed E-state index contributed by atoms with van der Waals surface area (Å²) < 4.78 is 5.00. The summed E-state index contributed by atoms with van der Waals surface area (Å²) in [4.78, 5) is 31.6. The highest BCUT2D eigenvalue weighted by atomic mass is 16.5. The van der Waals surface area contributed by atoms with E-state index in [1.54, 1.807) is 19.1 Å². The maximum absolute atomic E-state index is 12.9. The summed E-state index contributed by atoms with van der Waals surface area (Å²) in [5.41, 5.74) is 4.51. The number of carbonyl (C=O) groups excluding carboxylic acids is 2. The van der Waals surface area contributed by atoms with Crippen LogP contribution in [0.25, 0.3) is 11.4 Å². The first-order valence-corrected chi connectivity index (χ1v) is 10.5. The Morgan fingerprint density at radius 1 is 1.03 bits per heavy atom. The molecule has 0 spiro atoms. The summed E-state index contributed by atoms with van der Waals surface area (Å²) >= 11 is 0. The topological polar surface area (TPSA) is 88.3 Å². The number of nitrogens with one attached hydrogen (secondary N) is 1. The quantitative estimate of drug-likeness (QED) is 0.688. The Kier molecular flexibility index (Phi) is 5.84. The molecule has 1 aromatic heterocycles. The minimum Gasteiger partial charge on any atom is -0.339 e. The smallest absolute Gasteiger partial charge is 0.253 e. The van der Waals surface area contributed by atoms with Crippen LogP contribution in [0.1, 0.15) is 40.2 Å². The van der Waals surface area contributed by atoms with Crippen LogP contribution in [0, 0.1) is 26.7 Å². The van der Waals surface area contributed by atoms with E-state index in [2.05, 4.69) is 15.5 Å². The number of carbonyl (C=O) groups is 2. The Hall–Kier alpha value is -3.48. The van der Waals surface area contributed by atoms with E-state index < -0.39 is 0 Å². The van der Waals surface area contributed by atoms with Crippen LogP contribution in [0.3, 0.4) is 0 Å². The van der Waals surface area contributed by atoms with Crippen LogP contribution in [0.2, 0.25) is 0 Å². The monoisotopic (exact) mass is 418 g/mol. The van der Waals surface area contributed by atoms with Gasteiger partial charge in [-0.1, -0.05) is 29.4 Å². The molecular formula is C24H26N4O3. The fourth-order valence-electron chi connectivity index (χ4n) is 3.83. The van der Waals surface area contributed by atoms with Crippen molar-refractivity contribution in [3.05, 3.63) is 65.0 Å². The zero-order valence-corrected chi connectivity index (χ0v) is 18.0. The van der Waals surface area contributed by atoms with Gasteiger partial charge in [-0.15, -0.1) is 0 Å². The van der Waals surface area contributed by atoms with E-state index >= 15 is 0 Å². The summed E-state index contributed by atoms with van der Waals surface area (Å²) in [6.45, 7) is 6.91. The van der Waals surface area contributed by atoms with Gasteiger partial charge < -0.3 is 14.7 Å². The highest BCUT2D eigenvalue weighted by molar-refractivity contribution is 5.96. The molecule has 1 saturated heterocycles. The van der Waals surface area contributed by atoms with Crippen LogP contribution in [-0.4, -0.2) is 39.9 Å². The molecule has 31 heavy (non-hydrogen) atoms. The van der Waals surface area contributed by atoms with Crippen LogP contribution in [-0.2, 0) is 4.79 Å². The third-order valence-electron chi connectivity index (χ3n) is 5.93. The SMILES string of the molecule is Cc1nc(-c2ccc(C(=O)N3CCC(C(=O)Nc4cccc(C)c4C)CC3)cc2)no1. The standard InChI is InChI=1S/C24H26N4O3/c1-15-5-4-6-21(16(15)2)26-23(29)19-11-13-28(14-12-19)24(30)20-9-7-18(8-10-20)22-25-17(3)31-27-22/h4-10,19H,11-14H2,1-3H3,(H,26,29). The van der Waals surface area contributed by atoms with Gasteiger partial charge in [-0.05, 0) is 56.0 Å². The molecule has 0 saturated carbocycles. The second-order valence-electron chi connectivity index (χ2n) is 8.02. The minimum absolute atomic E-state index is 0.0239. The summed E-state index contributed by atoms with van der Waals surface area (Å²) in [6, 6.07) is 13.1. The molecule has 0 unspecified atom stereocenters. The molecule has 1 aliphatic rings. The first-order chi connectivity index (χ1) is 14.9. The molecule has 2 heterocycles. The summed E-state index contributed by atoms with van der Waals surface area (Å²) in [6.07, 6.45) is 1.31. The lowest BCUT2D eigenvalue weighted by atomic mass is 9.95. The van der Waals surface area contributed by atoms with Crippen molar-refractivity contribution in [3.63, 3.8) is 0 Å². The van der Waals surface area contributed by atoms with Crippen molar-refractivity contribution in [2.45, 2.75) is 33.6 Å². The summed E-state index contributed by atoms with van der Waals surface area (Å²) in [5.74, 6) is 0.921. The minimum atomic E-state index is -0.0900. The lowest BCUT2D eigenvalue weighted by molar-refractivity contribution is -0.121. The van der Waals surface area contributed by atoms with Gasteiger partial charge in [0.05, 0.1) is 0 Å². The number of nitrogens with zero attached hydrogens (tertiary/aromatic N) is 3. The second-order valence-corrected chi connectivity index (χ2v) is 8.02. The number of aryl methyl sites for hydroxylation is 2. The molecule has 160 valence electrons. The molecule has 0 atom stereocenters. The van der Waals surface area contributed by atoms with Crippen LogP contribution in [0.5, 0.6) is 0 Å². The van der Waals surface area contributed by atoms with Gasteiger partial charge in [-0.25, -0.2) is 0 Å². The Labute approximate surface area is 181 Å². The Balaban J connectivity index is 1.34. The number of aromatic nitrogens is 2. The number of anilines is 1. The summed E-state index contributed by atoms with van der Waals surface area (Å²) in [5, 5.41) is 6.95. The average molecular weight is 418 g/mol. The van der Waals surface area contributed by atoms with Gasteiger partial charge in [-0.3, -0.25) is 9.59 Å². The maximum atomic E-state index is 12.9. The molecule has 0 aliphatic carbocycles. The zero-order chi connectivity index (χ0) is 22.0. The van der Waals surface area contributed by atoms with E-state index in [0.29, 0.717) is 43.2 Å². The van der Waals surface area contributed by atoms with E-state index in [9.17, 15) is 9.59 Å². The Bertz CT molecular complexity index is 1100. The first-order valence-electron chi connectivity index (χ1n) is 10.5. The van der Waals surface area contributed by atoms with Crippen LogP contribution >= 0.6 is 0 Å². The molecule has 0 radical (unpaired) electrons. The number of likely N-dealkylation sites (tertiary alicyclic amines) is 1. The van der Waals surface area contributed by atoms with Crippen LogP contribution < -0.4 is 5.32 Å².